The minimum absolute atomic E-state index is 0.608. The number of rotatable bonds is 2. The topological polar surface area (TPSA) is 49.9 Å². The van der Waals surface area contributed by atoms with Crippen molar-refractivity contribution in [1.82, 2.24) is 4.98 Å². The van der Waals surface area contributed by atoms with Crippen LogP contribution < -0.4 is 5.56 Å². The van der Waals surface area contributed by atoms with E-state index in [1.54, 1.807) is 0 Å². The maximum atomic E-state index is 12.2. The van der Waals surface area contributed by atoms with Crippen LogP contribution in [0.5, 0.6) is 0 Å². The standard InChI is InChI=1S/C7H3Cl2F2NO2/c8-4-2(6(10)11)1-12-7(14)3(4)5(9)13/h1,6H,(H,12,14). The Labute approximate surface area is 86.6 Å². The van der Waals surface area contributed by atoms with Gasteiger partial charge in [0.1, 0.15) is 5.56 Å². The zero-order valence-corrected chi connectivity index (χ0v) is 7.99. The highest BCUT2D eigenvalue weighted by atomic mass is 35.5. The van der Waals surface area contributed by atoms with Crippen LogP contribution >= 0.6 is 23.2 Å². The molecule has 0 fully saturated rings. The van der Waals surface area contributed by atoms with Crippen molar-refractivity contribution in [2.75, 3.05) is 0 Å². The SMILES string of the molecule is O=C(Cl)c1c(Cl)c(C(F)F)c[nH]c1=O. The number of pyridine rings is 1. The number of hydrogen-bond donors (Lipinski definition) is 1. The van der Waals surface area contributed by atoms with E-state index in [-0.39, 0.29) is 0 Å². The van der Waals surface area contributed by atoms with Gasteiger partial charge in [-0.3, -0.25) is 9.59 Å². The fourth-order valence-electron chi connectivity index (χ4n) is 0.857. The summed E-state index contributed by atoms with van der Waals surface area (Å²) in [6, 6.07) is 0. The van der Waals surface area contributed by atoms with E-state index in [1.807, 2.05) is 4.98 Å². The predicted molar refractivity (Wildman–Crippen MR) is 47.2 cm³/mol. The number of H-pyrrole nitrogens is 1. The summed E-state index contributed by atoms with van der Waals surface area (Å²) in [6.45, 7) is 0. The Balaban J connectivity index is 3.49. The second-order valence-corrected chi connectivity index (χ2v) is 3.06. The van der Waals surface area contributed by atoms with E-state index in [9.17, 15) is 18.4 Å². The summed E-state index contributed by atoms with van der Waals surface area (Å²) in [5, 5.41) is -1.78. The third-order valence-corrected chi connectivity index (χ3v) is 2.09. The van der Waals surface area contributed by atoms with Crippen molar-refractivity contribution in [2.24, 2.45) is 0 Å². The summed E-state index contributed by atoms with van der Waals surface area (Å²) in [6.07, 6.45) is -2.13. The first-order valence-electron chi connectivity index (χ1n) is 3.34. The van der Waals surface area contributed by atoms with Crippen LogP contribution in [0.25, 0.3) is 0 Å². The largest absolute Gasteiger partial charge is 0.328 e. The van der Waals surface area contributed by atoms with Crippen LogP contribution in [0.1, 0.15) is 22.3 Å². The lowest BCUT2D eigenvalue weighted by atomic mass is 10.2. The first kappa shape index (κ1) is 11.1. The molecule has 0 amide bonds. The summed E-state index contributed by atoms with van der Waals surface area (Å²) < 4.78 is 24.5. The normalized spacial score (nSPS) is 10.6. The Hall–Kier alpha value is -0.940. The zero-order chi connectivity index (χ0) is 10.9. The Kier molecular flexibility index (Phi) is 3.23. The quantitative estimate of drug-likeness (QED) is 0.809. The Morgan fingerprint density at radius 2 is 2.07 bits per heavy atom. The third kappa shape index (κ3) is 1.93. The van der Waals surface area contributed by atoms with Gasteiger partial charge in [-0.2, -0.15) is 0 Å². The van der Waals surface area contributed by atoms with E-state index >= 15 is 0 Å². The molecule has 76 valence electrons. The zero-order valence-electron chi connectivity index (χ0n) is 6.48. The van der Waals surface area contributed by atoms with Gasteiger partial charge in [0.15, 0.2) is 0 Å². The monoisotopic (exact) mass is 241 g/mol. The van der Waals surface area contributed by atoms with E-state index in [2.05, 4.69) is 0 Å². The Bertz CT molecular complexity index is 430. The minimum Gasteiger partial charge on any atom is -0.328 e. The molecule has 1 heterocycles. The molecule has 0 aromatic carbocycles. The van der Waals surface area contributed by atoms with Crippen LogP contribution in [0.15, 0.2) is 11.0 Å². The molecule has 0 spiro atoms. The first-order chi connectivity index (χ1) is 6.45. The van der Waals surface area contributed by atoms with Crippen molar-refractivity contribution < 1.29 is 13.6 Å². The maximum absolute atomic E-state index is 12.2. The highest BCUT2D eigenvalue weighted by molar-refractivity contribution is 6.68. The fourth-order valence-corrected chi connectivity index (χ4v) is 1.39. The van der Waals surface area contributed by atoms with Gasteiger partial charge in [0.25, 0.3) is 17.2 Å². The van der Waals surface area contributed by atoms with E-state index < -0.39 is 33.4 Å². The molecule has 0 bridgehead atoms. The predicted octanol–water partition coefficient (Wildman–Crippen LogP) is 2.34. The number of alkyl halides is 2. The molecule has 1 aromatic heterocycles. The van der Waals surface area contributed by atoms with E-state index in [4.69, 9.17) is 23.2 Å². The number of halogens is 4. The average Bonchev–Trinajstić information content (AvgIpc) is 2.02. The smallest absolute Gasteiger partial charge is 0.266 e. The van der Waals surface area contributed by atoms with Crippen molar-refractivity contribution in [1.29, 1.82) is 0 Å². The van der Waals surface area contributed by atoms with E-state index in [1.165, 1.54) is 0 Å². The number of carbonyl (C=O) groups excluding carboxylic acids is 1. The molecule has 3 nitrogen and oxygen atoms in total. The summed E-state index contributed by atoms with van der Waals surface area (Å²) in [7, 11) is 0. The lowest BCUT2D eigenvalue weighted by molar-refractivity contribution is 0.107. The Morgan fingerprint density at radius 3 is 2.50 bits per heavy atom. The molecule has 0 aliphatic carbocycles. The molecular formula is C7H3Cl2F2NO2. The molecule has 7 heteroatoms. The molecule has 1 rings (SSSR count). The number of carbonyl (C=O) groups is 1. The van der Waals surface area contributed by atoms with Crippen LogP contribution in [-0.2, 0) is 0 Å². The van der Waals surface area contributed by atoms with E-state index in [0.29, 0.717) is 0 Å². The van der Waals surface area contributed by atoms with Crippen LogP contribution in [-0.4, -0.2) is 10.2 Å². The summed E-state index contributed by atoms with van der Waals surface area (Å²) in [5.41, 5.74) is -2.18. The van der Waals surface area contributed by atoms with Crippen molar-refractivity contribution in [3.8, 4) is 0 Å². The minimum atomic E-state index is -2.88. The lowest BCUT2D eigenvalue weighted by Crippen LogP contribution is -2.16. The van der Waals surface area contributed by atoms with Gasteiger partial charge in [0, 0.05) is 6.20 Å². The molecule has 1 N–H and O–H groups in total. The Morgan fingerprint density at radius 1 is 1.50 bits per heavy atom. The summed E-state index contributed by atoms with van der Waals surface area (Å²) in [4.78, 5) is 23.6. The molecule has 0 saturated carbocycles. The van der Waals surface area contributed by atoms with Gasteiger partial charge in [-0.15, -0.1) is 0 Å². The molecule has 14 heavy (non-hydrogen) atoms. The van der Waals surface area contributed by atoms with Crippen molar-refractivity contribution in [3.05, 3.63) is 32.7 Å². The second kappa shape index (κ2) is 4.06. The van der Waals surface area contributed by atoms with Crippen LogP contribution in [0.2, 0.25) is 5.02 Å². The van der Waals surface area contributed by atoms with Gasteiger partial charge in [-0.05, 0) is 11.6 Å². The highest BCUT2D eigenvalue weighted by Gasteiger charge is 2.20. The summed E-state index contributed by atoms with van der Waals surface area (Å²) >= 11 is 10.4. The molecule has 1 aromatic rings. The van der Waals surface area contributed by atoms with Gasteiger partial charge in [-0.25, -0.2) is 8.78 Å². The molecule has 0 aliphatic heterocycles. The first-order valence-corrected chi connectivity index (χ1v) is 4.09. The summed E-state index contributed by atoms with van der Waals surface area (Å²) in [5.74, 6) is 0. The van der Waals surface area contributed by atoms with Gasteiger partial charge in [0.05, 0.1) is 10.6 Å². The molecular weight excluding hydrogens is 239 g/mol. The van der Waals surface area contributed by atoms with Gasteiger partial charge in [-0.1, -0.05) is 11.6 Å². The average molecular weight is 242 g/mol. The molecule has 0 radical (unpaired) electrons. The van der Waals surface area contributed by atoms with E-state index in [0.717, 1.165) is 6.20 Å². The fraction of sp³-hybridized carbons (Fsp3) is 0.143. The van der Waals surface area contributed by atoms with Crippen LogP contribution in [0.4, 0.5) is 8.78 Å². The number of hydrogen-bond acceptors (Lipinski definition) is 2. The molecule has 0 aliphatic rings. The van der Waals surface area contributed by atoms with Gasteiger partial charge < -0.3 is 4.98 Å². The molecule has 0 atom stereocenters. The van der Waals surface area contributed by atoms with Crippen LogP contribution in [0, 0.1) is 0 Å². The molecule has 0 saturated heterocycles. The highest BCUT2D eigenvalue weighted by Crippen LogP contribution is 2.27. The van der Waals surface area contributed by atoms with Crippen molar-refractivity contribution in [3.63, 3.8) is 0 Å². The maximum Gasteiger partial charge on any atom is 0.266 e. The molecule has 0 unspecified atom stereocenters. The van der Waals surface area contributed by atoms with Gasteiger partial charge >= 0.3 is 0 Å². The van der Waals surface area contributed by atoms with Crippen molar-refractivity contribution >= 4 is 28.4 Å². The van der Waals surface area contributed by atoms with Crippen molar-refractivity contribution in [2.45, 2.75) is 6.43 Å². The third-order valence-electron chi connectivity index (χ3n) is 1.49. The number of aromatic amines is 1. The number of nitrogens with one attached hydrogen (secondary N) is 1. The lowest BCUT2D eigenvalue weighted by Gasteiger charge is -2.04. The second-order valence-electron chi connectivity index (χ2n) is 2.34. The van der Waals surface area contributed by atoms with Crippen LogP contribution in [0.3, 0.4) is 0 Å². The van der Waals surface area contributed by atoms with Gasteiger partial charge in [0.2, 0.25) is 0 Å². The number of aromatic nitrogens is 1.